The van der Waals surface area contributed by atoms with E-state index in [9.17, 15) is 9.90 Å². The molecule has 0 aliphatic rings. The van der Waals surface area contributed by atoms with E-state index in [1.54, 1.807) is 30.6 Å². The summed E-state index contributed by atoms with van der Waals surface area (Å²) in [7, 11) is 0. The summed E-state index contributed by atoms with van der Waals surface area (Å²) in [4.78, 5) is 15.5. The lowest BCUT2D eigenvalue weighted by Crippen LogP contribution is -2.29. The second kappa shape index (κ2) is 5.97. The molecular weight excluding hydrogens is 232 g/mol. The average Bonchev–Trinajstić information content (AvgIpc) is 2.91. The Morgan fingerprint density at radius 3 is 3.00 bits per heavy atom. The van der Waals surface area contributed by atoms with Crippen LogP contribution in [-0.4, -0.2) is 22.5 Å². The predicted molar refractivity (Wildman–Crippen MR) is 64.6 cm³/mol. The molecule has 0 saturated carbocycles. The highest BCUT2D eigenvalue weighted by molar-refractivity contribution is 5.78. The van der Waals surface area contributed by atoms with E-state index in [2.05, 4.69) is 10.3 Å². The molecule has 2 rings (SSSR count). The maximum atomic E-state index is 11.6. The van der Waals surface area contributed by atoms with Crippen molar-refractivity contribution in [3.8, 4) is 0 Å². The zero-order valence-corrected chi connectivity index (χ0v) is 9.74. The van der Waals surface area contributed by atoms with Crippen LogP contribution in [0.2, 0.25) is 0 Å². The van der Waals surface area contributed by atoms with Gasteiger partial charge in [-0.05, 0) is 23.8 Å². The Kier molecular flexibility index (Phi) is 4.09. The van der Waals surface area contributed by atoms with Crippen molar-refractivity contribution in [3.63, 3.8) is 0 Å². The molecule has 2 heterocycles. The topological polar surface area (TPSA) is 75.4 Å². The maximum absolute atomic E-state index is 11.6. The summed E-state index contributed by atoms with van der Waals surface area (Å²) in [6.45, 7) is 0.132. The van der Waals surface area contributed by atoms with Gasteiger partial charge in [0.25, 0.3) is 0 Å². The van der Waals surface area contributed by atoms with E-state index in [0.717, 1.165) is 5.56 Å². The van der Waals surface area contributed by atoms with E-state index in [-0.39, 0.29) is 18.9 Å². The van der Waals surface area contributed by atoms with Crippen molar-refractivity contribution in [2.75, 3.05) is 6.54 Å². The highest BCUT2D eigenvalue weighted by atomic mass is 16.4. The quantitative estimate of drug-likeness (QED) is 0.827. The number of furan rings is 1. The first-order valence-corrected chi connectivity index (χ1v) is 5.63. The Morgan fingerprint density at radius 2 is 2.33 bits per heavy atom. The maximum Gasteiger partial charge on any atom is 0.224 e. The highest BCUT2D eigenvalue weighted by Gasteiger charge is 2.11. The summed E-state index contributed by atoms with van der Waals surface area (Å²) >= 11 is 0. The van der Waals surface area contributed by atoms with Crippen molar-refractivity contribution >= 4 is 5.91 Å². The van der Waals surface area contributed by atoms with Crippen LogP contribution in [0.25, 0.3) is 0 Å². The molecule has 0 spiro atoms. The summed E-state index contributed by atoms with van der Waals surface area (Å²) in [6.07, 6.45) is 4.21. The molecule has 94 valence electrons. The lowest BCUT2D eigenvalue weighted by atomic mass is 10.2. The van der Waals surface area contributed by atoms with Crippen LogP contribution in [0, 0.1) is 0 Å². The van der Waals surface area contributed by atoms with Gasteiger partial charge in [0.2, 0.25) is 5.91 Å². The van der Waals surface area contributed by atoms with Crippen molar-refractivity contribution in [2.45, 2.75) is 12.5 Å². The number of hydrogen-bond acceptors (Lipinski definition) is 4. The average molecular weight is 246 g/mol. The van der Waals surface area contributed by atoms with Gasteiger partial charge in [-0.1, -0.05) is 6.07 Å². The molecule has 2 aromatic rings. The second-order valence-electron chi connectivity index (χ2n) is 3.87. The smallest absolute Gasteiger partial charge is 0.224 e. The van der Waals surface area contributed by atoms with Crippen LogP contribution in [0.15, 0.2) is 47.3 Å². The van der Waals surface area contributed by atoms with E-state index in [4.69, 9.17) is 4.42 Å². The van der Waals surface area contributed by atoms with Crippen LogP contribution >= 0.6 is 0 Å². The molecule has 1 atom stereocenters. The normalized spacial score (nSPS) is 12.1. The Balaban J connectivity index is 1.79. The third kappa shape index (κ3) is 3.43. The van der Waals surface area contributed by atoms with Gasteiger partial charge >= 0.3 is 0 Å². The molecular formula is C13H14N2O3. The number of carbonyl (C=O) groups excluding carboxylic acids is 1. The minimum Gasteiger partial charge on any atom is -0.467 e. The zero-order valence-electron chi connectivity index (χ0n) is 9.74. The Hall–Kier alpha value is -2.14. The van der Waals surface area contributed by atoms with Gasteiger partial charge in [-0.3, -0.25) is 9.78 Å². The molecule has 18 heavy (non-hydrogen) atoms. The standard InChI is InChI=1S/C13H14N2O3/c16-11(12-4-2-6-18-12)9-15-13(17)7-10-3-1-5-14-8-10/h1-6,8,11,16H,7,9H2,(H,15,17). The predicted octanol–water partition coefficient (Wildman–Crippen LogP) is 1.07. The minimum absolute atomic E-state index is 0.132. The van der Waals surface area contributed by atoms with Gasteiger partial charge in [-0.2, -0.15) is 0 Å². The van der Waals surface area contributed by atoms with Crippen LogP contribution in [0.1, 0.15) is 17.4 Å². The van der Waals surface area contributed by atoms with Gasteiger partial charge in [-0.15, -0.1) is 0 Å². The fraction of sp³-hybridized carbons (Fsp3) is 0.231. The largest absolute Gasteiger partial charge is 0.467 e. The third-order valence-electron chi connectivity index (χ3n) is 2.45. The number of amides is 1. The molecule has 0 aliphatic heterocycles. The minimum atomic E-state index is -0.821. The van der Waals surface area contributed by atoms with Gasteiger partial charge in [0.1, 0.15) is 11.9 Å². The van der Waals surface area contributed by atoms with E-state index in [1.165, 1.54) is 6.26 Å². The summed E-state index contributed by atoms with van der Waals surface area (Å²) in [6, 6.07) is 6.96. The molecule has 1 amide bonds. The highest BCUT2D eigenvalue weighted by Crippen LogP contribution is 2.11. The fourth-order valence-corrected chi connectivity index (χ4v) is 1.54. The first-order chi connectivity index (χ1) is 8.75. The van der Waals surface area contributed by atoms with Crippen LogP contribution < -0.4 is 5.32 Å². The number of nitrogens with zero attached hydrogens (tertiary/aromatic N) is 1. The third-order valence-corrected chi connectivity index (χ3v) is 2.45. The molecule has 2 N–H and O–H groups in total. The number of aliphatic hydroxyl groups excluding tert-OH is 1. The number of hydrogen-bond donors (Lipinski definition) is 2. The molecule has 2 aromatic heterocycles. The number of rotatable bonds is 5. The van der Waals surface area contributed by atoms with Crippen LogP contribution in [0.4, 0.5) is 0 Å². The molecule has 5 heteroatoms. The lowest BCUT2D eigenvalue weighted by Gasteiger charge is -2.09. The van der Waals surface area contributed by atoms with E-state index >= 15 is 0 Å². The molecule has 5 nitrogen and oxygen atoms in total. The first kappa shape index (κ1) is 12.3. The molecule has 1 unspecified atom stereocenters. The molecule has 0 fully saturated rings. The number of nitrogens with one attached hydrogen (secondary N) is 1. The SMILES string of the molecule is O=C(Cc1cccnc1)NCC(O)c1ccco1. The first-order valence-electron chi connectivity index (χ1n) is 5.63. The van der Waals surface area contributed by atoms with Gasteiger partial charge < -0.3 is 14.8 Å². The van der Waals surface area contributed by atoms with Gasteiger partial charge in [0.05, 0.1) is 19.2 Å². The van der Waals surface area contributed by atoms with Gasteiger partial charge in [0, 0.05) is 12.4 Å². The molecule has 0 bridgehead atoms. The van der Waals surface area contributed by atoms with Gasteiger partial charge in [-0.25, -0.2) is 0 Å². The van der Waals surface area contributed by atoms with Crippen LogP contribution in [0.3, 0.4) is 0 Å². The lowest BCUT2D eigenvalue weighted by molar-refractivity contribution is -0.120. The monoisotopic (exact) mass is 246 g/mol. The van der Waals surface area contributed by atoms with Crippen molar-refractivity contribution in [1.82, 2.24) is 10.3 Å². The van der Waals surface area contributed by atoms with Crippen molar-refractivity contribution in [2.24, 2.45) is 0 Å². The van der Waals surface area contributed by atoms with E-state index in [0.29, 0.717) is 5.76 Å². The number of pyridine rings is 1. The number of aromatic nitrogens is 1. The van der Waals surface area contributed by atoms with Crippen molar-refractivity contribution < 1.29 is 14.3 Å². The van der Waals surface area contributed by atoms with Crippen LogP contribution in [-0.2, 0) is 11.2 Å². The second-order valence-corrected chi connectivity index (χ2v) is 3.87. The number of carbonyl (C=O) groups is 1. The summed E-state index contributed by atoms with van der Waals surface area (Å²) in [5.41, 5.74) is 0.836. The molecule has 0 aromatic carbocycles. The summed E-state index contributed by atoms with van der Waals surface area (Å²) < 4.78 is 5.03. The Bertz CT molecular complexity index is 482. The van der Waals surface area contributed by atoms with Crippen LogP contribution in [0.5, 0.6) is 0 Å². The number of aliphatic hydroxyl groups is 1. The molecule has 0 saturated heterocycles. The summed E-state index contributed by atoms with van der Waals surface area (Å²) in [5, 5.41) is 12.3. The molecule has 0 radical (unpaired) electrons. The molecule has 0 aliphatic carbocycles. The fourth-order valence-electron chi connectivity index (χ4n) is 1.54. The Morgan fingerprint density at radius 1 is 1.44 bits per heavy atom. The summed E-state index contributed by atoms with van der Waals surface area (Å²) in [5.74, 6) is 0.283. The van der Waals surface area contributed by atoms with Gasteiger partial charge in [0.15, 0.2) is 0 Å². The van der Waals surface area contributed by atoms with Crippen molar-refractivity contribution in [3.05, 3.63) is 54.2 Å². The zero-order chi connectivity index (χ0) is 12.8. The Labute approximate surface area is 104 Å². The van der Waals surface area contributed by atoms with E-state index < -0.39 is 6.10 Å². The van der Waals surface area contributed by atoms with E-state index in [1.807, 2.05) is 6.07 Å². The van der Waals surface area contributed by atoms with Crippen molar-refractivity contribution in [1.29, 1.82) is 0 Å².